The van der Waals surface area contributed by atoms with Crippen molar-refractivity contribution in [2.24, 2.45) is 0 Å². The molecular formula is C24H25ClN4O5. The van der Waals surface area contributed by atoms with E-state index in [-0.39, 0.29) is 29.7 Å². The molecule has 0 spiro atoms. The van der Waals surface area contributed by atoms with Crippen molar-refractivity contribution < 1.29 is 23.9 Å². The van der Waals surface area contributed by atoms with Gasteiger partial charge in [0.05, 0.1) is 11.1 Å². The predicted molar refractivity (Wildman–Crippen MR) is 128 cm³/mol. The maximum absolute atomic E-state index is 12.9. The van der Waals surface area contributed by atoms with Gasteiger partial charge in [0.1, 0.15) is 17.1 Å². The van der Waals surface area contributed by atoms with Gasteiger partial charge in [0.25, 0.3) is 5.91 Å². The lowest BCUT2D eigenvalue weighted by Gasteiger charge is -2.15. The van der Waals surface area contributed by atoms with Gasteiger partial charge in [-0.2, -0.15) is 0 Å². The van der Waals surface area contributed by atoms with E-state index in [0.29, 0.717) is 60.6 Å². The standard InChI is InChI=1S/C24H25ClN4O5/c25-15-9-10-19(26-13-15)27-24(33)23-22(17-5-1-2-6-18(17)34-23)28-20(31)7-3-4-8-21(32)29-12-11-16(30)14-29/h1-2,5-6,9-10,13,16,30H,3-4,7-8,11-12,14H2,(H,28,31)(H,26,27,33). The highest BCUT2D eigenvalue weighted by molar-refractivity contribution is 6.30. The summed E-state index contributed by atoms with van der Waals surface area (Å²) in [4.78, 5) is 43.4. The molecule has 10 heteroatoms. The van der Waals surface area contributed by atoms with Gasteiger partial charge in [0.15, 0.2) is 0 Å². The number of hydrogen-bond donors (Lipinski definition) is 3. The minimum Gasteiger partial charge on any atom is -0.449 e. The number of amides is 3. The lowest BCUT2D eigenvalue weighted by molar-refractivity contribution is -0.130. The van der Waals surface area contributed by atoms with Crippen LogP contribution in [0.15, 0.2) is 47.0 Å². The highest BCUT2D eigenvalue weighted by Gasteiger charge is 2.25. The van der Waals surface area contributed by atoms with Crippen molar-refractivity contribution in [1.82, 2.24) is 9.88 Å². The molecule has 1 atom stereocenters. The number of pyridine rings is 1. The van der Waals surface area contributed by atoms with E-state index in [0.717, 1.165) is 0 Å². The van der Waals surface area contributed by atoms with Crippen LogP contribution in [0.2, 0.25) is 5.02 Å². The Morgan fingerprint density at radius 2 is 1.91 bits per heavy atom. The number of β-amino-alcohol motifs (C(OH)–C–C–N with tert-alkyl or cyclic N) is 1. The molecule has 3 aromatic rings. The monoisotopic (exact) mass is 484 g/mol. The summed E-state index contributed by atoms with van der Waals surface area (Å²) in [5, 5.41) is 16.0. The molecule has 1 aromatic carbocycles. The molecule has 1 aliphatic rings. The van der Waals surface area contributed by atoms with Crippen LogP contribution in [0.3, 0.4) is 0 Å². The summed E-state index contributed by atoms with van der Waals surface area (Å²) >= 11 is 5.84. The summed E-state index contributed by atoms with van der Waals surface area (Å²) in [6.45, 7) is 0.952. The molecule has 9 nitrogen and oxygen atoms in total. The number of anilines is 2. The maximum atomic E-state index is 12.9. The normalized spacial score (nSPS) is 15.5. The predicted octanol–water partition coefficient (Wildman–Crippen LogP) is 3.83. The van der Waals surface area contributed by atoms with E-state index in [4.69, 9.17) is 16.0 Å². The summed E-state index contributed by atoms with van der Waals surface area (Å²) in [5.74, 6) is -0.585. The zero-order valence-electron chi connectivity index (χ0n) is 18.4. The van der Waals surface area contributed by atoms with Crippen LogP contribution in [0.4, 0.5) is 11.5 Å². The van der Waals surface area contributed by atoms with Crippen LogP contribution in [0, 0.1) is 0 Å². The van der Waals surface area contributed by atoms with Crippen LogP contribution in [0.5, 0.6) is 0 Å². The quantitative estimate of drug-likeness (QED) is 0.417. The Morgan fingerprint density at radius 3 is 2.65 bits per heavy atom. The molecule has 34 heavy (non-hydrogen) atoms. The Balaban J connectivity index is 1.37. The van der Waals surface area contributed by atoms with Crippen molar-refractivity contribution in [2.45, 2.75) is 38.2 Å². The fraction of sp³-hybridized carbons (Fsp3) is 0.333. The Hall–Kier alpha value is -3.43. The maximum Gasteiger partial charge on any atom is 0.294 e. The second-order valence-corrected chi connectivity index (χ2v) is 8.59. The van der Waals surface area contributed by atoms with E-state index in [2.05, 4.69) is 15.6 Å². The van der Waals surface area contributed by atoms with Crippen LogP contribution < -0.4 is 10.6 Å². The number of rotatable bonds is 8. The molecule has 4 rings (SSSR count). The van der Waals surface area contributed by atoms with Gasteiger partial charge in [0, 0.05) is 37.5 Å². The first-order valence-electron chi connectivity index (χ1n) is 11.1. The summed E-state index contributed by atoms with van der Waals surface area (Å²) in [7, 11) is 0. The van der Waals surface area contributed by atoms with Crippen molar-refractivity contribution in [2.75, 3.05) is 23.7 Å². The largest absolute Gasteiger partial charge is 0.449 e. The fourth-order valence-electron chi connectivity index (χ4n) is 3.84. The molecule has 0 aliphatic carbocycles. The number of carbonyl (C=O) groups excluding carboxylic acids is 3. The third kappa shape index (κ3) is 5.73. The highest BCUT2D eigenvalue weighted by atomic mass is 35.5. The molecule has 3 N–H and O–H groups in total. The zero-order valence-corrected chi connectivity index (χ0v) is 19.2. The summed E-state index contributed by atoms with van der Waals surface area (Å²) in [6.07, 6.45) is 3.17. The van der Waals surface area contributed by atoms with Gasteiger partial charge in [-0.3, -0.25) is 14.4 Å². The highest BCUT2D eigenvalue weighted by Crippen LogP contribution is 2.31. The summed E-state index contributed by atoms with van der Waals surface area (Å²) < 4.78 is 5.73. The number of nitrogens with one attached hydrogen (secondary N) is 2. The minimum atomic E-state index is -0.556. The van der Waals surface area contributed by atoms with Crippen LogP contribution in [0.1, 0.15) is 42.7 Å². The van der Waals surface area contributed by atoms with Gasteiger partial charge in [-0.1, -0.05) is 23.7 Å². The average molecular weight is 485 g/mol. The molecule has 0 saturated carbocycles. The number of aromatic nitrogens is 1. The number of para-hydroxylation sites is 1. The SMILES string of the molecule is O=C(CCCCC(=O)N1CCC(O)C1)Nc1c(C(=O)Nc2ccc(Cl)cn2)oc2ccccc12. The molecule has 2 aromatic heterocycles. The van der Waals surface area contributed by atoms with E-state index in [9.17, 15) is 19.5 Å². The number of nitrogens with zero attached hydrogens (tertiary/aromatic N) is 2. The number of aliphatic hydroxyl groups excluding tert-OH is 1. The van der Waals surface area contributed by atoms with E-state index >= 15 is 0 Å². The first-order valence-corrected chi connectivity index (χ1v) is 11.5. The molecule has 1 fully saturated rings. The minimum absolute atomic E-state index is 0.00690. The number of likely N-dealkylation sites (tertiary alicyclic amines) is 1. The first-order chi connectivity index (χ1) is 16.4. The average Bonchev–Trinajstić information content (AvgIpc) is 3.42. The Kier molecular flexibility index (Phi) is 7.44. The molecule has 3 amide bonds. The Bertz CT molecular complexity index is 1190. The zero-order chi connectivity index (χ0) is 24.1. The lowest BCUT2D eigenvalue weighted by atomic mass is 10.1. The van der Waals surface area contributed by atoms with Gasteiger partial charge in [0.2, 0.25) is 17.6 Å². The molecule has 1 saturated heterocycles. The molecule has 1 aliphatic heterocycles. The summed E-state index contributed by atoms with van der Waals surface area (Å²) in [5.41, 5.74) is 0.750. The molecule has 178 valence electrons. The van der Waals surface area contributed by atoms with Gasteiger partial charge in [-0.15, -0.1) is 0 Å². The number of halogens is 1. The number of benzene rings is 1. The molecule has 0 bridgehead atoms. The topological polar surface area (TPSA) is 125 Å². The van der Waals surface area contributed by atoms with E-state index in [1.807, 2.05) is 0 Å². The smallest absolute Gasteiger partial charge is 0.294 e. The van der Waals surface area contributed by atoms with Crippen molar-refractivity contribution >= 4 is 51.8 Å². The van der Waals surface area contributed by atoms with Gasteiger partial charge in [-0.05, 0) is 43.5 Å². The summed E-state index contributed by atoms with van der Waals surface area (Å²) in [6, 6.07) is 10.2. The fourth-order valence-corrected chi connectivity index (χ4v) is 3.95. The van der Waals surface area contributed by atoms with Crippen LogP contribution >= 0.6 is 11.6 Å². The number of hydrogen-bond acceptors (Lipinski definition) is 6. The second-order valence-electron chi connectivity index (χ2n) is 8.16. The number of fused-ring (bicyclic) bond motifs is 1. The Labute approximate surface area is 201 Å². The van der Waals surface area contributed by atoms with Gasteiger partial charge >= 0.3 is 0 Å². The first kappa shape index (κ1) is 23.7. The number of unbranched alkanes of at least 4 members (excludes halogenated alkanes) is 1. The van der Waals surface area contributed by atoms with E-state index in [1.54, 1.807) is 41.3 Å². The molecule has 0 radical (unpaired) electrons. The van der Waals surface area contributed by atoms with Crippen LogP contribution in [0.25, 0.3) is 11.0 Å². The second kappa shape index (κ2) is 10.7. The van der Waals surface area contributed by atoms with E-state index < -0.39 is 12.0 Å². The lowest BCUT2D eigenvalue weighted by Crippen LogP contribution is -2.29. The number of furan rings is 1. The number of aliphatic hydroxyl groups is 1. The van der Waals surface area contributed by atoms with Crippen molar-refractivity contribution in [1.29, 1.82) is 0 Å². The van der Waals surface area contributed by atoms with E-state index in [1.165, 1.54) is 6.20 Å². The van der Waals surface area contributed by atoms with Gasteiger partial charge < -0.3 is 25.1 Å². The van der Waals surface area contributed by atoms with Crippen molar-refractivity contribution in [3.63, 3.8) is 0 Å². The third-order valence-electron chi connectivity index (χ3n) is 5.60. The van der Waals surface area contributed by atoms with Crippen molar-refractivity contribution in [3.05, 3.63) is 53.4 Å². The molecular weight excluding hydrogens is 460 g/mol. The molecule has 1 unspecified atom stereocenters. The molecule has 3 heterocycles. The van der Waals surface area contributed by atoms with Crippen LogP contribution in [-0.2, 0) is 9.59 Å². The Morgan fingerprint density at radius 1 is 1.12 bits per heavy atom. The third-order valence-corrected chi connectivity index (χ3v) is 5.82. The number of carbonyl (C=O) groups is 3. The van der Waals surface area contributed by atoms with Crippen molar-refractivity contribution in [3.8, 4) is 0 Å². The van der Waals surface area contributed by atoms with Crippen LogP contribution in [-0.4, -0.2) is 51.9 Å². The van der Waals surface area contributed by atoms with Gasteiger partial charge in [-0.25, -0.2) is 4.98 Å².